The van der Waals surface area contributed by atoms with Crippen molar-refractivity contribution in [2.45, 2.75) is 31.4 Å². The van der Waals surface area contributed by atoms with E-state index in [0.29, 0.717) is 12.3 Å². The van der Waals surface area contributed by atoms with Crippen LogP contribution in [0.15, 0.2) is 22.7 Å². The van der Waals surface area contributed by atoms with Gasteiger partial charge in [-0.25, -0.2) is 4.39 Å². The standard InChI is InChI=1S/C13H17BrFNO/c1-17-13(9-2-3-9)12(16)6-8-4-10(14)7-11(15)5-8/h4-5,7,9,12-13H,2-3,6,16H2,1H3. The third-order valence-electron chi connectivity index (χ3n) is 3.17. The molecule has 0 radical (unpaired) electrons. The normalized spacial score (nSPS) is 19.1. The van der Waals surface area contributed by atoms with E-state index >= 15 is 0 Å². The molecule has 17 heavy (non-hydrogen) atoms. The first-order valence-electron chi connectivity index (χ1n) is 5.83. The van der Waals surface area contributed by atoms with E-state index in [1.807, 2.05) is 6.07 Å². The van der Waals surface area contributed by atoms with Crippen molar-refractivity contribution in [2.75, 3.05) is 7.11 Å². The molecule has 1 aromatic rings. The van der Waals surface area contributed by atoms with Gasteiger partial charge in [0.1, 0.15) is 5.82 Å². The second kappa shape index (κ2) is 5.46. The van der Waals surface area contributed by atoms with Crippen molar-refractivity contribution >= 4 is 15.9 Å². The highest BCUT2D eigenvalue weighted by Gasteiger charge is 2.35. The highest BCUT2D eigenvalue weighted by molar-refractivity contribution is 9.10. The molecule has 0 aliphatic heterocycles. The molecule has 2 rings (SSSR count). The second-order valence-electron chi connectivity index (χ2n) is 4.68. The summed E-state index contributed by atoms with van der Waals surface area (Å²) < 4.78 is 19.4. The van der Waals surface area contributed by atoms with Gasteiger partial charge in [-0.15, -0.1) is 0 Å². The summed E-state index contributed by atoms with van der Waals surface area (Å²) in [7, 11) is 1.70. The van der Waals surface area contributed by atoms with E-state index in [0.717, 1.165) is 10.0 Å². The van der Waals surface area contributed by atoms with Crippen molar-refractivity contribution in [1.29, 1.82) is 0 Å². The highest BCUT2D eigenvalue weighted by Crippen LogP contribution is 2.35. The summed E-state index contributed by atoms with van der Waals surface area (Å²) in [5, 5.41) is 0. The first kappa shape index (κ1) is 13.0. The summed E-state index contributed by atoms with van der Waals surface area (Å²) in [5.41, 5.74) is 7.05. The highest BCUT2D eigenvalue weighted by atomic mass is 79.9. The van der Waals surface area contributed by atoms with E-state index in [1.165, 1.54) is 25.0 Å². The largest absolute Gasteiger partial charge is 0.380 e. The molecule has 0 aromatic heterocycles. The van der Waals surface area contributed by atoms with Crippen molar-refractivity contribution in [3.63, 3.8) is 0 Å². The molecular formula is C13H17BrFNO. The molecule has 1 saturated carbocycles. The smallest absolute Gasteiger partial charge is 0.124 e. The maximum absolute atomic E-state index is 13.2. The van der Waals surface area contributed by atoms with Gasteiger partial charge in [0.05, 0.1) is 6.10 Å². The van der Waals surface area contributed by atoms with E-state index in [9.17, 15) is 4.39 Å². The third kappa shape index (κ3) is 3.50. The monoisotopic (exact) mass is 301 g/mol. The lowest BCUT2D eigenvalue weighted by atomic mass is 9.99. The fourth-order valence-electron chi connectivity index (χ4n) is 2.26. The number of halogens is 2. The molecule has 4 heteroatoms. The summed E-state index contributed by atoms with van der Waals surface area (Å²) in [5.74, 6) is 0.356. The predicted molar refractivity (Wildman–Crippen MR) is 69.3 cm³/mol. The van der Waals surface area contributed by atoms with Crippen LogP contribution in [0.3, 0.4) is 0 Å². The summed E-state index contributed by atoms with van der Waals surface area (Å²) >= 11 is 3.29. The molecule has 0 bridgehead atoms. The number of methoxy groups -OCH3 is 1. The van der Waals surface area contributed by atoms with E-state index in [4.69, 9.17) is 10.5 Å². The average molecular weight is 302 g/mol. The first-order chi connectivity index (χ1) is 8.10. The Labute approximate surface area is 109 Å². The quantitative estimate of drug-likeness (QED) is 0.907. The zero-order valence-corrected chi connectivity index (χ0v) is 11.4. The minimum absolute atomic E-state index is 0.0683. The van der Waals surface area contributed by atoms with Crippen molar-refractivity contribution in [3.05, 3.63) is 34.1 Å². The van der Waals surface area contributed by atoms with Gasteiger partial charge < -0.3 is 10.5 Å². The van der Waals surface area contributed by atoms with Gasteiger partial charge >= 0.3 is 0 Å². The van der Waals surface area contributed by atoms with Crippen LogP contribution in [-0.2, 0) is 11.2 Å². The van der Waals surface area contributed by atoms with Crippen molar-refractivity contribution in [1.82, 2.24) is 0 Å². The average Bonchev–Trinajstić information content (AvgIpc) is 3.01. The Kier molecular flexibility index (Phi) is 4.17. The van der Waals surface area contributed by atoms with Crippen molar-refractivity contribution in [3.8, 4) is 0 Å². The molecule has 0 amide bonds. The van der Waals surface area contributed by atoms with Crippen LogP contribution in [0.4, 0.5) is 4.39 Å². The van der Waals surface area contributed by atoms with Gasteiger partial charge in [0.15, 0.2) is 0 Å². The minimum atomic E-state index is -0.234. The molecule has 0 saturated heterocycles. The first-order valence-corrected chi connectivity index (χ1v) is 6.63. The summed E-state index contributed by atoms with van der Waals surface area (Å²) in [6, 6.07) is 4.82. The third-order valence-corrected chi connectivity index (χ3v) is 3.63. The number of nitrogens with two attached hydrogens (primary N) is 1. The van der Waals surface area contributed by atoms with Crippen LogP contribution in [0.25, 0.3) is 0 Å². The van der Waals surface area contributed by atoms with Gasteiger partial charge in [-0.1, -0.05) is 15.9 Å². The number of hydrogen-bond acceptors (Lipinski definition) is 2. The maximum atomic E-state index is 13.2. The lowest BCUT2D eigenvalue weighted by molar-refractivity contribution is 0.0626. The topological polar surface area (TPSA) is 35.2 Å². The van der Waals surface area contributed by atoms with Crippen LogP contribution in [0, 0.1) is 11.7 Å². The second-order valence-corrected chi connectivity index (χ2v) is 5.60. The fourth-order valence-corrected chi connectivity index (χ4v) is 2.77. The molecule has 1 aliphatic carbocycles. The van der Waals surface area contributed by atoms with Gasteiger partial charge in [0.2, 0.25) is 0 Å². The van der Waals surface area contributed by atoms with Gasteiger partial charge in [-0.3, -0.25) is 0 Å². The Balaban J connectivity index is 2.03. The predicted octanol–water partition coefficient (Wildman–Crippen LogP) is 2.88. The van der Waals surface area contributed by atoms with E-state index < -0.39 is 0 Å². The van der Waals surface area contributed by atoms with Crippen LogP contribution >= 0.6 is 15.9 Å². The molecule has 1 fully saturated rings. The Morgan fingerprint density at radius 1 is 1.47 bits per heavy atom. The SMILES string of the molecule is COC(C(N)Cc1cc(F)cc(Br)c1)C1CC1. The molecule has 1 aliphatic rings. The van der Waals surface area contributed by atoms with Crippen LogP contribution in [0.2, 0.25) is 0 Å². The van der Waals surface area contributed by atoms with Gasteiger partial charge in [-0.2, -0.15) is 0 Å². The maximum Gasteiger partial charge on any atom is 0.124 e. The fraction of sp³-hybridized carbons (Fsp3) is 0.538. The molecular weight excluding hydrogens is 285 g/mol. The molecule has 2 nitrogen and oxygen atoms in total. The van der Waals surface area contributed by atoms with Crippen LogP contribution < -0.4 is 5.73 Å². The number of ether oxygens (including phenoxy) is 1. The van der Waals surface area contributed by atoms with Gasteiger partial charge in [0, 0.05) is 17.6 Å². The molecule has 94 valence electrons. The lowest BCUT2D eigenvalue weighted by Gasteiger charge is -2.22. The Morgan fingerprint density at radius 3 is 2.71 bits per heavy atom. The zero-order chi connectivity index (χ0) is 12.4. The van der Waals surface area contributed by atoms with Crippen LogP contribution in [0.5, 0.6) is 0 Å². The zero-order valence-electron chi connectivity index (χ0n) is 9.83. The summed E-state index contributed by atoms with van der Waals surface area (Å²) in [4.78, 5) is 0. The van der Waals surface area contributed by atoms with Crippen LogP contribution in [0.1, 0.15) is 18.4 Å². The van der Waals surface area contributed by atoms with Gasteiger partial charge in [-0.05, 0) is 48.9 Å². The Hall–Kier alpha value is -0.450. The van der Waals surface area contributed by atoms with Crippen molar-refractivity contribution in [2.24, 2.45) is 11.7 Å². The number of hydrogen-bond donors (Lipinski definition) is 1. The Bertz CT molecular complexity index is 375. The van der Waals surface area contributed by atoms with E-state index in [1.54, 1.807) is 7.11 Å². The molecule has 0 spiro atoms. The van der Waals surface area contributed by atoms with Crippen molar-refractivity contribution < 1.29 is 9.13 Å². The molecule has 0 heterocycles. The Morgan fingerprint density at radius 2 is 2.18 bits per heavy atom. The van der Waals surface area contributed by atoms with Crippen LogP contribution in [-0.4, -0.2) is 19.3 Å². The van der Waals surface area contributed by atoms with E-state index in [-0.39, 0.29) is 18.0 Å². The molecule has 2 atom stereocenters. The molecule has 1 aromatic carbocycles. The van der Waals surface area contributed by atoms with Gasteiger partial charge in [0.25, 0.3) is 0 Å². The lowest BCUT2D eigenvalue weighted by Crippen LogP contribution is -2.39. The summed E-state index contributed by atoms with van der Waals surface area (Å²) in [6.45, 7) is 0. The van der Waals surface area contributed by atoms with E-state index in [2.05, 4.69) is 15.9 Å². The number of rotatable bonds is 5. The minimum Gasteiger partial charge on any atom is -0.380 e. The number of benzene rings is 1. The molecule has 2 unspecified atom stereocenters. The summed E-state index contributed by atoms with van der Waals surface area (Å²) in [6.07, 6.45) is 3.13. The molecule has 2 N–H and O–H groups in total.